The van der Waals surface area contributed by atoms with Crippen molar-refractivity contribution in [3.63, 3.8) is 0 Å². The molecule has 0 radical (unpaired) electrons. The van der Waals surface area contributed by atoms with E-state index in [1.54, 1.807) is 0 Å². The number of ether oxygens (including phenoxy) is 1. The summed E-state index contributed by atoms with van der Waals surface area (Å²) in [5.74, 6) is 1.35. The Morgan fingerprint density at radius 2 is 2.15 bits per heavy atom. The van der Waals surface area contributed by atoms with E-state index in [2.05, 4.69) is 50.9 Å². The summed E-state index contributed by atoms with van der Waals surface area (Å²) in [6.45, 7) is 11.2. The molecular formula is C17H25NO2. The summed E-state index contributed by atoms with van der Waals surface area (Å²) in [6.07, 6.45) is 3.11. The molecule has 0 aromatic heterocycles. The Hall–Kier alpha value is -1.77. The van der Waals surface area contributed by atoms with Crippen molar-refractivity contribution in [1.82, 2.24) is 5.32 Å². The number of nitrogens with one attached hydrogen (secondary N) is 1. The van der Waals surface area contributed by atoms with Gasteiger partial charge in [0.25, 0.3) is 0 Å². The third kappa shape index (κ3) is 5.47. The van der Waals surface area contributed by atoms with Crippen molar-refractivity contribution in [2.24, 2.45) is 0 Å². The zero-order valence-corrected chi connectivity index (χ0v) is 12.7. The van der Waals surface area contributed by atoms with E-state index >= 15 is 0 Å². The minimum atomic E-state index is -0.119. The molecule has 0 saturated heterocycles. The average molecular weight is 275 g/mol. The molecule has 0 heterocycles. The zero-order valence-electron chi connectivity index (χ0n) is 12.7. The molecule has 0 spiro atoms. The number of carbonyl (C=O) groups is 1. The number of hydrogen-bond donors (Lipinski definition) is 1. The van der Waals surface area contributed by atoms with Crippen molar-refractivity contribution in [3.8, 4) is 5.75 Å². The van der Waals surface area contributed by atoms with Crippen LogP contribution in [-0.2, 0) is 4.79 Å². The van der Waals surface area contributed by atoms with Crippen molar-refractivity contribution in [1.29, 1.82) is 0 Å². The first-order chi connectivity index (χ1) is 9.54. The number of hydrogen-bond acceptors (Lipinski definition) is 2. The molecule has 1 aromatic carbocycles. The summed E-state index contributed by atoms with van der Waals surface area (Å²) in [5.41, 5.74) is 2.46. The van der Waals surface area contributed by atoms with Crippen LogP contribution in [0.4, 0.5) is 0 Å². The van der Waals surface area contributed by atoms with Crippen molar-refractivity contribution < 1.29 is 9.53 Å². The van der Waals surface area contributed by atoms with Crippen molar-refractivity contribution >= 4 is 5.91 Å². The van der Waals surface area contributed by atoms with Gasteiger partial charge in [-0.25, -0.2) is 0 Å². The second kappa shape index (κ2) is 8.41. The molecule has 1 amide bonds. The van der Waals surface area contributed by atoms with Gasteiger partial charge in [-0.1, -0.05) is 32.6 Å². The molecule has 0 aliphatic rings. The lowest BCUT2D eigenvalue weighted by molar-refractivity contribution is -0.116. The highest BCUT2D eigenvalue weighted by Gasteiger charge is 2.04. The molecule has 3 heteroatoms. The highest BCUT2D eigenvalue weighted by Crippen LogP contribution is 2.24. The van der Waals surface area contributed by atoms with Crippen LogP contribution >= 0.6 is 0 Å². The molecule has 0 saturated carbocycles. The van der Waals surface area contributed by atoms with Crippen molar-refractivity contribution in [2.75, 3.05) is 13.2 Å². The number of unbranched alkanes of at least 4 members (excludes halogenated alkanes) is 1. The van der Waals surface area contributed by atoms with E-state index in [9.17, 15) is 4.79 Å². The van der Waals surface area contributed by atoms with Crippen LogP contribution in [0.1, 0.15) is 43.7 Å². The maximum atomic E-state index is 11.0. The molecule has 0 fully saturated rings. The second-order valence-corrected chi connectivity index (χ2v) is 5.23. The van der Waals surface area contributed by atoms with Crippen LogP contribution in [0.15, 0.2) is 30.9 Å². The summed E-state index contributed by atoms with van der Waals surface area (Å²) in [4.78, 5) is 11.0. The molecule has 0 aliphatic heterocycles. The second-order valence-electron chi connectivity index (χ2n) is 5.23. The van der Waals surface area contributed by atoms with Crippen LogP contribution in [0, 0.1) is 6.92 Å². The van der Waals surface area contributed by atoms with Crippen LogP contribution in [0.5, 0.6) is 5.75 Å². The lowest BCUT2D eigenvalue weighted by atomic mass is 10.0. The van der Waals surface area contributed by atoms with E-state index in [4.69, 9.17) is 4.74 Å². The van der Waals surface area contributed by atoms with Crippen LogP contribution in [0.3, 0.4) is 0 Å². The van der Waals surface area contributed by atoms with Crippen molar-refractivity contribution in [3.05, 3.63) is 42.0 Å². The Balaban J connectivity index is 2.33. The molecule has 0 aliphatic carbocycles. The molecular weight excluding hydrogens is 250 g/mol. The van der Waals surface area contributed by atoms with E-state index in [0.717, 1.165) is 24.2 Å². The Labute approximate surface area is 122 Å². The largest absolute Gasteiger partial charge is 0.493 e. The van der Waals surface area contributed by atoms with Gasteiger partial charge in [-0.3, -0.25) is 4.79 Å². The van der Waals surface area contributed by atoms with Crippen molar-refractivity contribution in [2.45, 2.75) is 39.5 Å². The maximum Gasteiger partial charge on any atom is 0.243 e. The quantitative estimate of drug-likeness (QED) is 0.581. The first-order valence-electron chi connectivity index (χ1n) is 7.18. The average Bonchev–Trinajstić information content (AvgIpc) is 2.43. The molecule has 0 atom stereocenters. The van der Waals surface area contributed by atoms with Gasteiger partial charge in [0.15, 0.2) is 0 Å². The number of rotatable bonds is 8. The van der Waals surface area contributed by atoms with Gasteiger partial charge >= 0.3 is 0 Å². The van der Waals surface area contributed by atoms with Crippen LogP contribution < -0.4 is 10.1 Å². The fourth-order valence-electron chi connectivity index (χ4n) is 1.82. The Morgan fingerprint density at radius 3 is 2.80 bits per heavy atom. The number of amides is 1. The monoisotopic (exact) mass is 275 g/mol. The molecule has 1 N–H and O–H groups in total. The van der Waals surface area contributed by atoms with Crippen LogP contribution in [0.2, 0.25) is 0 Å². The van der Waals surface area contributed by atoms with E-state index in [1.165, 1.54) is 11.6 Å². The fourth-order valence-corrected chi connectivity index (χ4v) is 1.82. The van der Waals surface area contributed by atoms with Gasteiger partial charge in [0.2, 0.25) is 5.91 Å². The normalized spacial score (nSPS) is 10.4. The zero-order chi connectivity index (χ0) is 15.0. The predicted molar refractivity (Wildman–Crippen MR) is 83.2 cm³/mol. The standard InChI is InChI=1S/C17H25NO2/c1-5-17(19)18-10-6-7-11-20-16-12-15(13(2)3)9-8-14(16)4/h5,8-9,12-13H,1,6-7,10-11H2,2-4H3,(H,18,19). The fraction of sp³-hybridized carbons (Fsp3) is 0.471. The summed E-state index contributed by atoms with van der Waals surface area (Å²) in [6, 6.07) is 6.38. The summed E-state index contributed by atoms with van der Waals surface area (Å²) in [7, 11) is 0. The van der Waals surface area contributed by atoms with Gasteiger partial charge in [-0.15, -0.1) is 0 Å². The number of carbonyl (C=O) groups excluding carboxylic acids is 1. The van der Waals surface area contributed by atoms with Gasteiger partial charge in [0, 0.05) is 6.54 Å². The molecule has 0 unspecified atom stereocenters. The minimum absolute atomic E-state index is 0.119. The topological polar surface area (TPSA) is 38.3 Å². The third-order valence-electron chi connectivity index (χ3n) is 3.19. The molecule has 110 valence electrons. The lowest BCUT2D eigenvalue weighted by Crippen LogP contribution is -2.22. The SMILES string of the molecule is C=CC(=O)NCCCCOc1cc(C(C)C)ccc1C. The molecule has 1 aromatic rings. The Kier molecular flexibility index (Phi) is 6.85. The minimum Gasteiger partial charge on any atom is -0.493 e. The molecule has 0 bridgehead atoms. The van der Waals surface area contributed by atoms with Crippen LogP contribution in [0.25, 0.3) is 0 Å². The van der Waals surface area contributed by atoms with E-state index in [0.29, 0.717) is 19.1 Å². The van der Waals surface area contributed by atoms with Gasteiger partial charge in [-0.2, -0.15) is 0 Å². The Bertz CT molecular complexity index is 452. The number of benzene rings is 1. The highest BCUT2D eigenvalue weighted by atomic mass is 16.5. The van der Waals surface area contributed by atoms with Gasteiger partial charge < -0.3 is 10.1 Å². The van der Waals surface area contributed by atoms with Crippen LogP contribution in [-0.4, -0.2) is 19.1 Å². The summed E-state index contributed by atoms with van der Waals surface area (Å²) in [5, 5.41) is 2.75. The third-order valence-corrected chi connectivity index (χ3v) is 3.19. The van der Waals surface area contributed by atoms with E-state index < -0.39 is 0 Å². The number of aryl methyl sites for hydroxylation is 1. The van der Waals surface area contributed by atoms with Gasteiger partial charge in [-0.05, 0) is 49.0 Å². The predicted octanol–water partition coefficient (Wildman–Crippen LogP) is 3.58. The highest BCUT2D eigenvalue weighted by molar-refractivity contribution is 5.86. The smallest absolute Gasteiger partial charge is 0.243 e. The summed E-state index contributed by atoms with van der Waals surface area (Å²) >= 11 is 0. The van der Waals surface area contributed by atoms with E-state index in [1.807, 2.05) is 0 Å². The molecule has 3 nitrogen and oxygen atoms in total. The molecule has 20 heavy (non-hydrogen) atoms. The maximum absolute atomic E-state index is 11.0. The lowest BCUT2D eigenvalue weighted by Gasteiger charge is -2.12. The van der Waals surface area contributed by atoms with Gasteiger partial charge in [0.05, 0.1) is 6.61 Å². The Morgan fingerprint density at radius 1 is 1.40 bits per heavy atom. The van der Waals surface area contributed by atoms with E-state index in [-0.39, 0.29) is 5.91 Å². The molecule has 1 rings (SSSR count). The first kappa shape index (κ1) is 16.3. The first-order valence-corrected chi connectivity index (χ1v) is 7.18. The van der Waals surface area contributed by atoms with Gasteiger partial charge in [0.1, 0.15) is 5.75 Å². The summed E-state index contributed by atoms with van der Waals surface area (Å²) < 4.78 is 5.83.